The zero-order valence-electron chi connectivity index (χ0n) is 17.9. The van der Waals surface area contributed by atoms with Gasteiger partial charge in [0.05, 0.1) is 25.4 Å². The van der Waals surface area contributed by atoms with Gasteiger partial charge in [0, 0.05) is 39.1 Å². The Labute approximate surface area is 212 Å². The van der Waals surface area contributed by atoms with Crippen LogP contribution in [0, 0.1) is 0 Å². The van der Waals surface area contributed by atoms with Crippen LogP contribution in [-0.4, -0.2) is 31.8 Å². The summed E-state index contributed by atoms with van der Waals surface area (Å²) in [7, 11) is 1.58. The summed E-state index contributed by atoms with van der Waals surface area (Å²) in [5.41, 5.74) is 3.20. The molecule has 0 atom stereocenters. The van der Waals surface area contributed by atoms with Crippen LogP contribution in [0.15, 0.2) is 73.2 Å². The van der Waals surface area contributed by atoms with Crippen LogP contribution in [-0.2, 0) is 6.54 Å². The van der Waals surface area contributed by atoms with Gasteiger partial charge in [0.25, 0.3) is 0 Å². The predicted molar refractivity (Wildman–Crippen MR) is 138 cm³/mol. The molecule has 7 nitrogen and oxygen atoms in total. The number of halogens is 3. The number of nitrogens with zero attached hydrogens (tertiary/aromatic N) is 5. The third-order valence-corrected chi connectivity index (χ3v) is 5.87. The lowest BCUT2D eigenvalue weighted by Gasteiger charge is -2.10. The van der Waals surface area contributed by atoms with E-state index in [1.165, 1.54) is 0 Å². The van der Waals surface area contributed by atoms with Gasteiger partial charge in [0.2, 0.25) is 0 Å². The summed E-state index contributed by atoms with van der Waals surface area (Å²) in [6, 6.07) is 17.1. The molecule has 2 aromatic carbocycles. The van der Waals surface area contributed by atoms with E-state index in [1.54, 1.807) is 25.7 Å². The number of aromatic nitrogens is 5. The van der Waals surface area contributed by atoms with Gasteiger partial charge in [0.15, 0.2) is 17.4 Å². The van der Waals surface area contributed by atoms with Crippen LogP contribution in [0.1, 0.15) is 5.56 Å². The number of hydrogen-bond donors (Lipinski definition) is 1. The molecule has 0 aliphatic rings. The highest BCUT2D eigenvalue weighted by molar-refractivity contribution is 6.36. The smallest absolute Gasteiger partial charge is 0.183 e. The van der Waals surface area contributed by atoms with Crippen molar-refractivity contribution >= 4 is 58.0 Å². The van der Waals surface area contributed by atoms with E-state index in [-0.39, 0.29) is 12.4 Å². The normalized spacial score (nSPS) is 10.7. The summed E-state index contributed by atoms with van der Waals surface area (Å²) in [5, 5.41) is 10.2. The molecule has 34 heavy (non-hydrogen) atoms. The monoisotopic (exact) mass is 512 g/mol. The number of ether oxygens (including phenoxy) is 1. The third-order valence-electron chi connectivity index (χ3n) is 5.16. The van der Waals surface area contributed by atoms with E-state index >= 15 is 0 Å². The largest absolute Gasteiger partial charge is 0.491 e. The van der Waals surface area contributed by atoms with E-state index in [0.717, 1.165) is 22.2 Å². The quantitative estimate of drug-likeness (QED) is 0.282. The second-order valence-corrected chi connectivity index (χ2v) is 8.01. The molecule has 1 N–H and O–H groups in total. The van der Waals surface area contributed by atoms with Crippen molar-refractivity contribution in [3.05, 3.63) is 88.8 Å². The molecule has 0 amide bonds. The van der Waals surface area contributed by atoms with Gasteiger partial charge in [-0.25, -0.2) is 9.97 Å². The summed E-state index contributed by atoms with van der Waals surface area (Å²) in [5.74, 6) is 1.51. The van der Waals surface area contributed by atoms with Crippen LogP contribution >= 0.6 is 35.6 Å². The van der Waals surface area contributed by atoms with Gasteiger partial charge in [-0.2, -0.15) is 5.10 Å². The number of methoxy groups -OCH3 is 1. The Kier molecular flexibility index (Phi) is 7.17. The molecule has 5 aromatic rings. The fraction of sp³-hybridized carbons (Fsp3) is 0.0833. The first-order chi connectivity index (χ1) is 16.1. The fourth-order valence-corrected chi connectivity index (χ4v) is 4.06. The molecular weight excluding hydrogens is 495 g/mol. The van der Waals surface area contributed by atoms with E-state index < -0.39 is 0 Å². The number of para-hydroxylation sites is 1. The van der Waals surface area contributed by atoms with Crippen molar-refractivity contribution in [3.63, 3.8) is 0 Å². The number of nitrogens with one attached hydrogen (secondary N) is 1. The maximum Gasteiger partial charge on any atom is 0.183 e. The molecule has 0 unspecified atom stereocenters. The molecule has 0 radical (unpaired) electrons. The van der Waals surface area contributed by atoms with Gasteiger partial charge in [-0.3, -0.25) is 9.67 Å². The van der Waals surface area contributed by atoms with Crippen LogP contribution in [0.25, 0.3) is 22.4 Å². The zero-order valence-corrected chi connectivity index (χ0v) is 20.3. The summed E-state index contributed by atoms with van der Waals surface area (Å²) >= 11 is 12.8. The maximum absolute atomic E-state index is 6.41. The zero-order chi connectivity index (χ0) is 22.8. The van der Waals surface area contributed by atoms with Crippen molar-refractivity contribution in [3.8, 4) is 17.3 Å². The highest BCUT2D eigenvalue weighted by Gasteiger charge is 2.18. The second-order valence-electron chi connectivity index (χ2n) is 7.20. The number of fused-ring (bicyclic) bond motifs is 1. The molecule has 3 aromatic heterocycles. The van der Waals surface area contributed by atoms with Crippen molar-refractivity contribution in [1.29, 1.82) is 0 Å². The molecular formula is C24H19Cl3N6O. The Morgan fingerprint density at radius 2 is 1.71 bits per heavy atom. The minimum atomic E-state index is 0. The Morgan fingerprint density at radius 1 is 0.971 bits per heavy atom. The van der Waals surface area contributed by atoms with E-state index in [0.29, 0.717) is 39.7 Å². The van der Waals surface area contributed by atoms with E-state index in [9.17, 15) is 0 Å². The molecule has 0 bridgehead atoms. The first-order valence-electron chi connectivity index (χ1n) is 10.1. The van der Waals surface area contributed by atoms with Gasteiger partial charge < -0.3 is 10.1 Å². The molecule has 3 heterocycles. The van der Waals surface area contributed by atoms with E-state index in [1.807, 2.05) is 59.3 Å². The predicted octanol–water partition coefficient (Wildman–Crippen LogP) is 6.42. The van der Waals surface area contributed by atoms with E-state index in [2.05, 4.69) is 15.3 Å². The van der Waals surface area contributed by atoms with Crippen molar-refractivity contribution in [2.45, 2.75) is 6.54 Å². The number of hydrogen-bond acceptors (Lipinski definition) is 6. The SMILES string of the molecule is COc1cnc(-c2nn(Cc3c(Cl)cccc3Cl)c3ccccc23)nc1Nc1ccncc1.Cl. The summed E-state index contributed by atoms with van der Waals surface area (Å²) < 4.78 is 7.31. The molecule has 0 aliphatic heterocycles. The minimum absolute atomic E-state index is 0. The van der Waals surface area contributed by atoms with Crippen LogP contribution in [0.2, 0.25) is 10.0 Å². The average molecular weight is 514 g/mol. The molecule has 0 saturated heterocycles. The van der Waals surface area contributed by atoms with Crippen LogP contribution in [0.4, 0.5) is 11.5 Å². The van der Waals surface area contributed by atoms with Crippen molar-refractivity contribution in [1.82, 2.24) is 24.7 Å². The first kappa shape index (κ1) is 23.8. The van der Waals surface area contributed by atoms with E-state index in [4.69, 9.17) is 38.0 Å². The number of anilines is 2. The third kappa shape index (κ3) is 4.63. The van der Waals surface area contributed by atoms with Gasteiger partial charge >= 0.3 is 0 Å². The van der Waals surface area contributed by atoms with Crippen molar-refractivity contribution < 1.29 is 4.74 Å². The Balaban J connectivity index is 0.00000274. The lowest BCUT2D eigenvalue weighted by molar-refractivity contribution is 0.413. The van der Waals surface area contributed by atoms with Crippen LogP contribution < -0.4 is 10.1 Å². The summed E-state index contributed by atoms with van der Waals surface area (Å²) in [6.07, 6.45) is 5.03. The topological polar surface area (TPSA) is 77.8 Å². The Hall–Kier alpha value is -3.39. The fourth-order valence-electron chi connectivity index (χ4n) is 3.54. The molecule has 0 saturated carbocycles. The van der Waals surface area contributed by atoms with Gasteiger partial charge in [-0.1, -0.05) is 47.5 Å². The number of benzene rings is 2. The number of pyridine rings is 1. The molecule has 0 spiro atoms. The minimum Gasteiger partial charge on any atom is -0.491 e. The standard InChI is InChI=1S/C24H18Cl2N6O.ClH/c1-33-21-13-28-24(30-23(21)29-15-9-11-27-12-10-15)22-16-5-2-3-8-20(16)32(31-22)14-17-18(25)6-4-7-19(17)26;/h2-13H,14H2,1H3,(H,27,28,29,30);1H. The highest BCUT2D eigenvalue weighted by atomic mass is 35.5. The van der Waals surface area contributed by atoms with Crippen molar-refractivity contribution in [2.75, 3.05) is 12.4 Å². The summed E-state index contributed by atoms with van der Waals surface area (Å²) in [4.78, 5) is 13.3. The second kappa shape index (κ2) is 10.3. The van der Waals surface area contributed by atoms with Gasteiger partial charge in [-0.05, 0) is 30.3 Å². The van der Waals surface area contributed by atoms with Gasteiger partial charge in [-0.15, -0.1) is 12.4 Å². The first-order valence-corrected chi connectivity index (χ1v) is 10.9. The van der Waals surface area contributed by atoms with Gasteiger partial charge in [0.1, 0.15) is 5.69 Å². The molecule has 0 fully saturated rings. The van der Waals surface area contributed by atoms with Crippen molar-refractivity contribution in [2.24, 2.45) is 0 Å². The summed E-state index contributed by atoms with van der Waals surface area (Å²) in [6.45, 7) is 0.414. The molecule has 5 rings (SSSR count). The number of rotatable bonds is 6. The maximum atomic E-state index is 6.41. The molecule has 0 aliphatic carbocycles. The lowest BCUT2D eigenvalue weighted by Crippen LogP contribution is -2.04. The van der Waals surface area contributed by atoms with Crippen LogP contribution in [0.3, 0.4) is 0 Å². The Bertz CT molecular complexity index is 1420. The molecule has 172 valence electrons. The average Bonchev–Trinajstić information content (AvgIpc) is 3.21. The molecule has 10 heteroatoms. The highest BCUT2D eigenvalue weighted by Crippen LogP contribution is 2.32. The Morgan fingerprint density at radius 3 is 2.44 bits per heavy atom. The van der Waals surface area contributed by atoms with Crippen LogP contribution in [0.5, 0.6) is 5.75 Å². The lowest BCUT2D eigenvalue weighted by atomic mass is 10.2.